The van der Waals surface area contributed by atoms with Crippen LogP contribution in [0.1, 0.15) is 16.6 Å². The molecule has 0 fully saturated rings. The van der Waals surface area contributed by atoms with Gasteiger partial charge in [-0.3, -0.25) is 9.59 Å². The lowest BCUT2D eigenvalue weighted by molar-refractivity contribution is -0.114. The van der Waals surface area contributed by atoms with E-state index >= 15 is 0 Å². The average molecular weight is 389 g/mol. The lowest BCUT2D eigenvalue weighted by Gasteiger charge is -2.11. The fourth-order valence-corrected chi connectivity index (χ4v) is 3.47. The number of hydrogen-bond acceptors (Lipinski definition) is 3. The normalized spacial score (nSPS) is 10.4. The van der Waals surface area contributed by atoms with E-state index in [0.717, 1.165) is 0 Å². The molecular formula is C19H14ClFN2O2S. The van der Waals surface area contributed by atoms with Crippen molar-refractivity contribution in [1.82, 2.24) is 0 Å². The number of benzene rings is 2. The van der Waals surface area contributed by atoms with E-state index in [2.05, 4.69) is 10.6 Å². The number of hydrogen-bond donors (Lipinski definition) is 2. The molecule has 3 aromatic rings. The van der Waals surface area contributed by atoms with Gasteiger partial charge >= 0.3 is 0 Å². The Hall–Kier alpha value is -2.70. The molecule has 26 heavy (non-hydrogen) atoms. The third-order valence-corrected chi connectivity index (χ3v) is 4.86. The van der Waals surface area contributed by atoms with Crippen molar-refractivity contribution < 1.29 is 14.0 Å². The summed E-state index contributed by atoms with van der Waals surface area (Å²) < 4.78 is 13.9. The Morgan fingerprint density at radius 3 is 2.50 bits per heavy atom. The summed E-state index contributed by atoms with van der Waals surface area (Å²) in [6.07, 6.45) is 0. The highest BCUT2D eigenvalue weighted by Gasteiger charge is 2.15. The molecule has 2 aromatic carbocycles. The Bertz CT molecular complexity index is 987. The number of amides is 2. The van der Waals surface area contributed by atoms with Crippen LogP contribution in [0.2, 0.25) is 5.02 Å². The molecule has 0 atom stereocenters. The van der Waals surface area contributed by atoms with Gasteiger partial charge in [-0.1, -0.05) is 29.8 Å². The fraction of sp³-hybridized carbons (Fsp3) is 0.0526. The fourth-order valence-electron chi connectivity index (χ4n) is 2.37. The number of thiophene rings is 1. The van der Waals surface area contributed by atoms with Gasteiger partial charge in [-0.05, 0) is 36.4 Å². The monoisotopic (exact) mass is 388 g/mol. The van der Waals surface area contributed by atoms with Crippen molar-refractivity contribution in [3.8, 4) is 10.4 Å². The second-order valence-corrected chi connectivity index (χ2v) is 6.99. The molecule has 1 heterocycles. The highest BCUT2D eigenvalue weighted by atomic mass is 35.5. The van der Waals surface area contributed by atoms with Crippen molar-refractivity contribution in [3.05, 3.63) is 70.3 Å². The summed E-state index contributed by atoms with van der Waals surface area (Å²) >= 11 is 7.16. The van der Waals surface area contributed by atoms with Crippen molar-refractivity contribution in [2.45, 2.75) is 6.92 Å². The summed E-state index contributed by atoms with van der Waals surface area (Å²) in [5.74, 6) is -0.976. The van der Waals surface area contributed by atoms with Gasteiger partial charge in [0.2, 0.25) is 5.91 Å². The van der Waals surface area contributed by atoms with Gasteiger partial charge < -0.3 is 10.6 Å². The maximum Gasteiger partial charge on any atom is 0.265 e. The quantitative estimate of drug-likeness (QED) is 0.627. The summed E-state index contributed by atoms with van der Waals surface area (Å²) in [6.45, 7) is 1.38. The lowest BCUT2D eigenvalue weighted by atomic mass is 10.2. The zero-order valence-corrected chi connectivity index (χ0v) is 15.2. The molecule has 0 bridgehead atoms. The number of nitrogens with one attached hydrogen (secondary N) is 2. The van der Waals surface area contributed by atoms with Crippen LogP contribution in [-0.4, -0.2) is 11.8 Å². The largest absolute Gasteiger partial charge is 0.325 e. The maximum atomic E-state index is 13.9. The van der Waals surface area contributed by atoms with Gasteiger partial charge in [-0.2, -0.15) is 0 Å². The van der Waals surface area contributed by atoms with Gasteiger partial charge in [0, 0.05) is 22.4 Å². The average Bonchev–Trinajstić information content (AvgIpc) is 3.07. The van der Waals surface area contributed by atoms with Crippen molar-refractivity contribution in [1.29, 1.82) is 0 Å². The molecule has 1 aromatic heterocycles. The van der Waals surface area contributed by atoms with Gasteiger partial charge in [0.25, 0.3) is 5.91 Å². The van der Waals surface area contributed by atoms with Crippen LogP contribution in [-0.2, 0) is 4.79 Å². The third-order valence-electron chi connectivity index (χ3n) is 3.51. The number of anilines is 2. The first-order chi connectivity index (χ1) is 12.4. The minimum atomic E-state index is -0.369. The minimum Gasteiger partial charge on any atom is -0.325 e. The number of carbonyl (C=O) groups is 2. The molecule has 0 aliphatic carbocycles. The summed E-state index contributed by atoms with van der Waals surface area (Å²) in [6, 6.07) is 14.5. The van der Waals surface area contributed by atoms with Crippen LogP contribution in [0, 0.1) is 5.82 Å². The molecule has 2 amide bonds. The zero-order chi connectivity index (χ0) is 18.7. The van der Waals surface area contributed by atoms with E-state index in [1.54, 1.807) is 48.5 Å². The first-order valence-electron chi connectivity index (χ1n) is 7.67. The van der Waals surface area contributed by atoms with Crippen LogP contribution >= 0.6 is 22.9 Å². The van der Waals surface area contributed by atoms with Crippen LogP contribution in [0.4, 0.5) is 15.8 Å². The third kappa shape index (κ3) is 4.09. The summed E-state index contributed by atoms with van der Waals surface area (Å²) in [4.78, 5) is 24.9. The molecule has 3 rings (SSSR count). The molecule has 0 spiro atoms. The Balaban J connectivity index is 1.85. The lowest BCUT2D eigenvalue weighted by Crippen LogP contribution is -2.14. The summed E-state index contributed by atoms with van der Waals surface area (Å²) in [5, 5.41) is 5.79. The van der Waals surface area contributed by atoms with Gasteiger partial charge in [-0.25, -0.2) is 4.39 Å². The first-order valence-corrected chi connectivity index (χ1v) is 8.86. The van der Waals surface area contributed by atoms with E-state index in [1.165, 1.54) is 24.3 Å². The van der Waals surface area contributed by atoms with E-state index in [9.17, 15) is 14.0 Å². The van der Waals surface area contributed by atoms with Crippen LogP contribution in [0.5, 0.6) is 0 Å². The SMILES string of the molecule is CC(=O)Nc1ccc(Cl)cc1NC(=O)c1ccc(-c2ccccc2F)s1. The van der Waals surface area contributed by atoms with Gasteiger partial charge in [0.05, 0.1) is 16.3 Å². The van der Waals surface area contributed by atoms with Crippen molar-refractivity contribution in [2.75, 3.05) is 10.6 Å². The number of carbonyl (C=O) groups excluding carboxylic acids is 2. The van der Waals surface area contributed by atoms with Crippen LogP contribution in [0.25, 0.3) is 10.4 Å². The number of halogens is 2. The summed E-state index contributed by atoms with van der Waals surface area (Å²) in [5.41, 5.74) is 1.28. The van der Waals surface area contributed by atoms with Crippen molar-refractivity contribution in [2.24, 2.45) is 0 Å². The standard InChI is InChI=1S/C19H14ClFN2O2S/c1-11(24)22-15-7-6-12(20)10-16(15)23-19(25)18-9-8-17(26-18)13-4-2-3-5-14(13)21/h2-10H,1H3,(H,22,24)(H,23,25). The van der Waals surface area contributed by atoms with Gasteiger partial charge in [0.1, 0.15) is 5.82 Å². The molecule has 0 saturated heterocycles. The highest BCUT2D eigenvalue weighted by molar-refractivity contribution is 7.17. The van der Waals surface area contributed by atoms with E-state index in [4.69, 9.17) is 11.6 Å². The molecule has 0 saturated carbocycles. The molecule has 132 valence electrons. The maximum absolute atomic E-state index is 13.9. The first kappa shape index (κ1) is 18.1. The molecule has 0 radical (unpaired) electrons. The van der Waals surface area contributed by atoms with E-state index in [0.29, 0.717) is 31.7 Å². The predicted octanol–water partition coefficient (Wildman–Crippen LogP) is 5.42. The Morgan fingerprint density at radius 1 is 1.00 bits per heavy atom. The van der Waals surface area contributed by atoms with Crippen LogP contribution in [0.3, 0.4) is 0 Å². The Kier molecular flexibility index (Phi) is 5.35. The minimum absolute atomic E-state index is 0.263. The molecule has 2 N–H and O–H groups in total. The molecular weight excluding hydrogens is 375 g/mol. The van der Waals surface area contributed by atoms with Crippen LogP contribution < -0.4 is 10.6 Å². The van der Waals surface area contributed by atoms with E-state index in [1.807, 2.05) is 0 Å². The second-order valence-electron chi connectivity index (χ2n) is 5.47. The Labute approximate surface area is 158 Å². The van der Waals surface area contributed by atoms with Gasteiger partial charge in [0.15, 0.2) is 0 Å². The smallest absolute Gasteiger partial charge is 0.265 e. The van der Waals surface area contributed by atoms with Crippen molar-refractivity contribution >= 4 is 46.1 Å². The molecule has 0 unspecified atom stereocenters. The van der Waals surface area contributed by atoms with E-state index < -0.39 is 0 Å². The Morgan fingerprint density at radius 2 is 1.77 bits per heavy atom. The van der Waals surface area contributed by atoms with E-state index in [-0.39, 0.29) is 17.6 Å². The highest BCUT2D eigenvalue weighted by Crippen LogP contribution is 2.31. The van der Waals surface area contributed by atoms with Gasteiger partial charge in [-0.15, -0.1) is 11.3 Å². The van der Waals surface area contributed by atoms with Crippen LogP contribution in [0.15, 0.2) is 54.6 Å². The predicted molar refractivity (Wildman–Crippen MR) is 103 cm³/mol. The summed E-state index contributed by atoms with van der Waals surface area (Å²) in [7, 11) is 0. The topological polar surface area (TPSA) is 58.2 Å². The van der Waals surface area contributed by atoms with Crippen molar-refractivity contribution in [3.63, 3.8) is 0 Å². The second kappa shape index (κ2) is 7.68. The molecule has 7 heteroatoms. The number of rotatable bonds is 4. The molecule has 0 aliphatic heterocycles. The zero-order valence-electron chi connectivity index (χ0n) is 13.7. The molecule has 4 nitrogen and oxygen atoms in total. The molecule has 0 aliphatic rings.